The molecule has 3 aliphatic heterocycles. The van der Waals surface area contributed by atoms with Gasteiger partial charge in [0.1, 0.15) is 30.8 Å². The molecule has 9 heteroatoms. The first-order chi connectivity index (χ1) is 14.9. The van der Waals surface area contributed by atoms with Crippen LogP contribution < -0.4 is 20.3 Å². The maximum atomic E-state index is 12.4. The van der Waals surface area contributed by atoms with Crippen molar-refractivity contribution in [3.63, 3.8) is 0 Å². The molecule has 0 spiro atoms. The van der Waals surface area contributed by atoms with E-state index in [9.17, 15) is 9.59 Å². The van der Waals surface area contributed by atoms with E-state index in [0.717, 1.165) is 36.5 Å². The lowest BCUT2D eigenvalue weighted by Gasteiger charge is -2.25. The molecule has 9 nitrogen and oxygen atoms in total. The van der Waals surface area contributed by atoms with Crippen molar-refractivity contribution in [2.24, 2.45) is 11.7 Å². The second-order valence-corrected chi connectivity index (χ2v) is 8.66. The summed E-state index contributed by atoms with van der Waals surface area (Å²) in [5, 5.41) is 0. The fraction of sp³-hybridized carbons (Fsp3) is 0.500. The molecule has 164 valence electrons. The molecule has 2 amide bonds. The molecule has 1 aromatic carbocycles. The fourth-order valence-corrected chi connectivity index (χ4v) is 4.71. The van der Waals surface area contributed by atoms with E-state index in [4.69, 9.17) is 20.2 Å². The molecule has 2 saturated heterocycles. The van der Waals surface area contributed by atoms with Crippen LogP contribution in [-0.2, 0) is 16.1 Å². The average molecular weight is 425 g/mol. The quantitative estimate of drug-likeness (QED) is 0.807. The lowest BCUT2D eigenvalue weighted by Crippen LogP contribution is -2.40. The number of aromatic nitrogens is 2. The molecule has 31 heavy (non-hydrogen) atoms. The minimum absolute atomic E-state index is 0.0364. The zero-order chi connectivity index (χ0) is 21.7. The number of imidazole rings is 1. The number of rotatable bonds is 4. The van der Waals surface area contributed by atoms with E-state index in [0.29, 0.717) is 31.3 Å². The topological polar surface area (TPSA) is 103 Å². The molecule has 4 heterocycles. The summed E-state index contributed by atoms with van der Waals surface area (Å²) in [4.78, 5) is 32.7. The Kier molecular flexibility index (Phi) is 4.75. The number of carbonyl (C=O) groups excluding carboxylic acids is 2. The highest BCUT2D eigenvalue weighted by molar-refractivity contribution is 5.90. The Morgan fingerprint density at radius 2 is 2.10 bits per heavy atom. The molecule has 0 unspecified atom stereocenters. The number of benzene rings is 1. The number of nitrogens with zero attached hydrogens (tertiary/aromatic N) is 4. The normalized spacial score (nSPS) is 22.7. The van der Waals surface area contributed by atoms with Gasteiger partial charge in [-0.25, -0.2) is 9.78 Å². The van der Waals surface area contributed by atoms with Gasteiger partial charge in [0.05, 0.1) is 18.2 Å². The van der Waals surface area contributed by atoms with Crippen LogP contribution in [0.25, 0.3) is 11.4 Å². The monoisotopic (exact) mass is 425 g/mol. The summed E-state index contributed by atoms with van der Waals surface area (Å²) < 4.78 is 13.3. The zero-order valence-corrected chi connectivity index (χ0v) is 17.8. The predicted molar refractivity (Wildman–Crippen MR) is 115 cm³/mol. The summed E-state index contributed by atoms with van der Waals surface area (Å²) in [6.45, 7) is 6.41. The molecule has 2 N–H and O–H groups in total. The van der Waals surface area contributed by atoms with Crippen LogP contribution in [0, 0.1) is 5.92 Å². The van der Waals surface area contributed by atoms with Crippen LogP contribution in [0.4, 0.5) is 16.3 Å². The Bertz CT molecular complexity index is 1030. The van der Waals surface area contributed by atoms with Crippen molar-refractivity contribution in [1.29, 1.82) is 0 Å². The van der Waals surface area contributed by atoms with Gasteiger partial charge in [-0.05, 0) is 30.9 Å². The first kappa shape index (κ1) is 19.7. The Morgan fingerprint density at radius 3 is 2.87 bits per heavy atom. The number of carbonyl (C=O) groups is 2. The number of hydrogen-bond acceptors (Lipinski definition) is 6. The summed E-state index contributed by atoms with van der Waals surface area (Å²) >= 11 is 0. The number of nitrogens with two attached hydrogens (primary N) is 1. The Balaban J connectivity index is 1.51. The minimum Gasteiger partial charge on any atom is -0.491 e. The highest BCUT2D eigenvalue weighted by atomic mass is 16.6. The zero-order valence-electron chi connectivity index (χ0n) is 17.8. The van der Waals surface area contributed by atoms with E-state index in [2.05, 4.69) is 13.8 Å². The maximum Gasteiger partial charge on any atom is 0.415 e. The van der Waals surface area contributed by atoms with Crippen molar-refractivity contribution < 1.29 is 19.1 Å². The molecular formula is C22H27N5O4. The van der Waals surface area contributed by atoms with Gasteiger partial charge >= 0.3 is 6.09 Å². The number of ether oxygens (including phenoxy) is 2. The van der Waals surface area contributed by atoms with E-state index in [1.807, 2.05) is 33.9 Å². The lowest BCUT2D eigenvalue weighted by atomic mass is 10.1. The number of fused-ring (bicyclic) bond motifs is 3. The first-order valence-corrected chi connectivity index (χ1v) is 10.8. The van der Waals surface area contributed by atoms with Crippen molar-refractivity contribution in [3.8, 4) is 17.1 Å². The Morgan fingerprint density at radius 1 is 1.26 bits per heavy atom. The smallest absolute Gasteiger partial charge is 0.415 e. The molecule has 0 saturated carbocycles. The molecule has 2 aromatic rings. The molecule has 1 aromatic heterocycles. The molecule has 3 aliphatic rings. The van der Waals surface area contributed by atoms with Gasteiger partial charge in [-0.15, -0.1) is 0 Å². The third-order valence-corrected chi connectivity index (χ3v) is 6.39. The van der Waals surface area contributed by atoms with Gasteiger partial charge in [0.15, 0.2) is 5.82 Å². The minimum atomic E-state index is -0.356. The molecule has 2 fully saturated rings. The van der Waals surface area contributed by atoms with Crippen molar-refractivity contribution in [3.05, 3.63) is 24.4 Å². The highest BCUT2D eigenvalue weighted by Crippen LogP contribution is 2.38. The fourth-order valence-electron chi connectivity index (χ4n) is 4.71. The summed E-state index contributed by atoms with van der Waals surface area (Å²) in [7, 11) is 0. The van der Waals surface area contributed by atoms with Gasteiger partial charge < -0.3 is 24.7 Å². The molecule has 0 bridgehead atoms. The summed E-state index contributed by atoms with van der Waals surface area (Å²) in [5.41, 5.74) is 7.37. The van der Waals surface area contributed by atoms with E-state index in [1.165, 1.54) is 0 Å². The summed E-state index contributed by atoms with van der Waals surface area (Å²) in [6, 6.07) is 5.59. The summed E-state index contributed by atoms with van der Waals surface area (Å²) in [6.07, 6.45) is 3.24. The third kappa shape index (κ3) is 3.28. The predicted octanol–water partition coefficient (Wildman–Crippen LogP) is 2.38. The van der Waals surface area contributed by atoms with Crippen LogP contribution in [0.1, 0.15) is 26.7 Å². The lowest BCUT2D eigenvalue weighted by molar-refractivity contribution is -0.119. The Hall–Kier alpha value is -3.23. The number of hydrogen-bond donors (Lipinski definition) is 1. The Labute approximate surface area is 180 Å². The largest absolute Gasteiger partial charge is 0.491 e. The van der Waals surface area contributed by atoms with Crippen molar-refractivity contribution in [2.45, 2.75) is 45.3 Å². The van der Waals surface area contributed by atoms with Gasteiger partial charge in [0.25, 0.3) is 0 Å². The maximum absolute atomic E-state index is 12.4. The van der Waals surface area contributed by atoms with Crippen molar-refractivity contribution >= 4 is 23.5 Å². The van der Waals surface area contributed by atoms with Crippen molar-refractivity contribution in [2.75, 3.05) is 29.6 Å². The van der Waals surface area contributed by atoms with E-state index in [1.54, 1.807) is 4.90 Å². The van der Waals surface area contributed by atoms with Gasteiger partial charge in [-0.3, -0.25) is 9.69 Å². The van der Waals surface area contributed by atoms with Crippen LogP contribution in [-0.4, -0.2) is 53.4 Å². The molecule has 5 rings (SSSR count). The number of cyclic esters (lactones) is 1. The standard InChI is InChI=1S/C22H27N5O4/c1-13(2)17-12-31-22(29)27(17)19-11-25-8-9-30-18-10-14(5-6-15(18)21(25)24-19)26-7-3-4-16(26)20(23)28/h5-6,10-11,13,16-17H,3-4,7-9,12H2,1-2H3,(H2,23,28)/t16-,17-/m0/s1. The van der Waals surface area contributed by atoms with Gasteiger partial charge in [0, 0.05) is 24.5 Å². The van der Waals surface area contributed by atoms with Crippen LogP contribution >= 0.6 is 0 Å². The van der Waals surface area contributed by atoms with E-state index >= 15 is 0 Å². The van der Waals surface area contributed by atoms with Gasteiger partial charge in [0.2, 0.25) is 5.91 Å². The number of primary amides is 1. The number of anilines is 2. The van der Waals surface area contributed by atoms with Gasteiger partial charge in [-0.1, -0.05) is 13.8 Å². The van der Waals surface area contributed by atoms with Crippen LogP contribution in [0.5, 0.6) is 5.75 Å². The van der Waals surface area contributed by atoms with Crippen LogP contribution in [0.3, 0.4) is 0 Å². The van der Waals surface area contributed by atoms with Crippen molar-refractivity contribution in [1.82, 2.24) is 9.55 Å². The van der Waals surface area contributed by atoms with Gasteiger partial charge in [-0.2, -0.15) is 0 Å². The second kappa shape index (κ2) is 7.47. The average Bonchev–Trinajstić information content (AvgIpc) is 3.44. The third-order valence-electron chi connectivity index (χ3n) is 6.39. The molecule has 2 atom stereocenters. The van der Waals surface area contributed by atoms with E-state index in [-0.39, 0.29) is 30.0 Å². The molecule has 0 aliphatic carbocycles. The van der Waals surface area contributed by atoms with Crippen LogP contribution in [0.2, 0.25) is 0 Å². The molecule has 0 radical (unpaired) electrons. The van der Waals surface area contributed by atoms with Crippen LogP contribution in [0.15, 0.2) is 24.4 Å². The number of amides is 2. The van der Waals surface area contributed by atoms with E-state index < -0.39 is 0 Å². The summed E-state index contributed by atoms with van der Waals surface area (Å²) in [5.74, 6) is 2.02. The second-order valence-electron chi connectivity index (χ2n) is 8.66. The first-order valence-electron chi connectivity index (χ1n) is 10.8. The molecular weight excluding hydrogens is 398 g/mol. The highest BCUT2D eigenvalue weighted by Gasteiger charge is 2.38. The SMILES string of the molecule is CC(C)[C@@H]1COC(=O)N1c1cn2c(n1)-c1ccc(N3CCC[C@H]3C(N)=O)cc1OCC2.